The number of nitrogens with zero attached hydrogens (tertiary/aromatic N) is 1. The van der Waals surface area contributed by atoms with Gasteiger partial charge in [0.2, 0.25) is 0 Å². The number of amides is 1. The van der Waals surface area contributed by atoms with Gasteiger partial charge in [0.25, 0.3) is 5.91 Å². The molecular formula is C23H27IN4O2. The smallest absolute Gasteiger partial charge is 0.284 e. The maximum Gasteiger partial charge on any atom is 0.284 e. The van der Waals surface area contributed by atoms with E-state index in [1.165, 1.54) is 11.1 Å². The number of furan rings is 1. The molecule has 0 aliphatic rings. The second-order valence-electron chi connectivity index (χ2n) is 6.58. The Balaban J connectivity index is 0.00000320. The van der Waals surface area contributed by atoms with Gasteiger partial charge in [-0.15, -0.1) is 24.0 Å². The Bertz CT molecular complexity index is 903. The minimum atomic E-state index is -0.584. The predicted octanol–water partition coefficient (Wildman–Crippen LogP) is 3.88. The van der Waals surface area contributed by atoms with Gasteiger partial charge in [-0.05, 0) is 30.2 Å². The average Bonchev–Trinajstić information content (AvgIpc) is 3.23. The molecule has 0 aliphatic heterocycles. The first-order valence-electron chi connectivity index (χ1n) is 9.68. The quantitative estimate of drug-likeness (QED) is 0.240. The molecule has 7 heteroatoms. The fourth-order valence-electron chi connectivity index (χ4n) is 3.09. The summed E-state index contributed by atoms with van der Waals surface area (Å²) < 4.78 is 5.40. The number of carbonyl (C=O) groups is 1. The van der Waals surface area contributed by atoms with Crippen LogP contribution in [0.15, 0.2) is 82.2 Å². The number of nitrogens with two attached hydrogens (primary N) is 1. The second-order valence-corrected chi connectivity index (χ2v) is 6.58. The molecule has 3 aromatic rings. The Labute approximate surface area is 194 Å². The van der Waals surface area contributed by atoms with Gasteiger partial charge in [-0.25, -0.2) is 4.99 Å². The lowest BCUT2D eigenvalue weighted by Crippen LogP contribution is -2.39. The van der Waals surface area contributed by atoms with Crippen LogP contribution >= 0.6 is 24.0 Å². The van der Waals surface area contributed by atoms with E-state index in [0.29, 0.717) is 24.8 Å². The normalized spacial score (nSPS) is 11.1. The molecule has 0 saturated carbocycles. The number of hydrogen-bond donors (Lipinski definition) is 3. The van der Waals surface area contributed by atoms with Gasteiger partial charge < -0.3 is 20.8 Å². The number of aliphatic imine (C=N–C) groups is 1. The molecule has 2 aromatic carbocycles. The van der Waals surface area contributed by atoms with Crippen molar-refractivity contribution >= 4 is 35.8 Å². The van der Waals surface area contributed by atoms with Crippen LogP contribution in [0, 0.1) is 0 Å². The molecule has 0 aliphatic carbocycles. The minimum Gasteiger partial charge on any atom is -0.454 e. The fraction of sp³-hybridized carbons (Fsp3) is 0.217. The Morgan fingerprint density at radius 1 is 0.967 bits per heavy atom. The van der Waals surface area contributed by atoms with E-state index in [1.807, 2.05) is 19.1 Å². The summed E-state index contributed by atoms with van der Waals surface area (Å²) in [6.07, 6.45) is 0. The van der Waals surface area contributed by atoms with Crippen molar-refractivity contribution in [3.63, 3.8) is 0 Å². The summed E-state index contributed by atoms with van der Waals surface area (Å²) in [6, 6.07) is 24.1. The van der Waals surface area contributed by atoms with Crippen LogP contribution in [0.25, 0.3) is 0 Å². The molecule has 0 spiro atoms. The third-order valence-corrected chi connectivity index (χ3v) is 4.52. The van der Waals surface area contributed by atoms with Crippen LogP contribution in [0.2, 0.25) is 0 Å². The first-order chi connectivity index (χ1) is 14.2. The Morgan fingerprint density at radius 3 is 2.07 bits per heavy atom. The van der Waals surface area contributed by atoms with Crippen LogP contribution in [0.1, 0.15) is 40.3 Å². The standard InChI is InChI=1S/C23H26N4O2.HI/c1-2-25-23(26-15-19-13-14-21(29-19)22(24)28)27-16-20(17-9-5-3-6-10-17)18-11-7-4-8-12-18;/h3-14,20H,2,15-16H2,1H3,(H2,24,28)(H2,25,26,27);1H. The highest BCUT2D eigenvalue weighted by Crippen LogP contribution is 2.23. The number of guanidine groups is 1. The molecule has 30 heavy (non-hydrogen) atoms. The largest absolute Gasteiger partial charge is 0.454 e. The van der Waals surface area contributed by atoms with Gasteiger partial charge in [0, 0.05) is 19.0 Å². The van der Waals surface area contributed by atoms with Crippen LogP contribution in [0.5, 0.6) is 0 Å². The third kappa shape index (κ3) is 6.62. The molecule has 158 valence electrons. The Kier molecular flexibility index (Phi) is 9.40. The van der Waals surface area contributed by atoms with Gasteiger partial charge in [0.1, 0.15) is 12.3 Å². The number of rotatable bonds is 8. The number of halogens is 1. The monoisotopic (exact) mass is 518 g/mol. The van der Waals surface area contributed by atoms with Gasteiger partial charge in [-0.2, -0.15) is 0 Å². The van der Waals surface area contributed by atoms with E-state index in [9.17, 15) is 4.79 Å². The molecule has 4 N–H and O–H groups in total. The van der Waals surface area contributed by atoms with Crippen LogP contribution in [0.4, 0.5) is 0 Å². The molecule has 6 nitrogen and oxygen atoms in total. The van der Waals surface area contributed by atoms with Gasteiger partial charge in [-0.1, -0.05) is 60.7 Å². The van der Waals surface area contributed by atoms with Gasteiger partial charge in [0.15, 0.2) is 11.7 Å². The summed E-state index contributed by atoms with van der Waals surface area (Å²) in [5, 5.41) is 6.67. The van der Waals surface area contributed by atoms with Gasteiger partial charge in [0.05, 0.1) is 0 Å². The minimum absolute atomic E-state index is 0. The lowest BCUT2D eigenvalue weighted by atomic mass is 9.91. The first-order valence-corrected chi connectivity index (χ1v) is 9.68. The lowest BCUT2D eigenvalue weighted by Gasteiger charge is -2.20. The van der Waals surface area contributed by atoms with Crippen molar-refractivity contribution < 1.29 is 9.21 Å². The van der Waals surface area contributed by atoms with Gasteiger partial charge >= 0.3 is 0 Å². The highest BCUT2D eigenvalue weighted by Gasteiger charge is 2.14. The number of benzene rings is 2. The van der Waals surface area contributed by atoms with Crippen LogP contribution in [-0.2, 0) is 6.54 Å². The van der Waals surface area contributed by atoms with Crippen molar-refractivity contribution in [3.8, 4) is 0 Å². The zero-order valence-electron chi connectivity index (χ0n) is 16.9. The number of nitrogens with one attached hydrogen (secondary N) is 2. The van der Waals surface area contributed by atoms with Crippen molar-refractivity contribution in [2.24, 2.45) is 10.7 Å². The van der Waals surface area contributed by atoms with E-state index in [2.05, 4.69) is 64.2 Å². The van der Waals surface area contributed by atoms with Gasteiger partial charge in [-0.3, -0.25) is 4.79 Å². The second kappa shape index (κ2) is 12.0. The molecule has 0 fully saturated rings. The molecular weight excluding hydrogens is 491 g/mol. The number of carbonyl (C=O) groups excluding carboxylic acids is 1. The topological polar surface area (TPSA) is 92.6 Å². The van der Waals surface area contributed by atoms with E-state index in [1.54, 1.807) is 12.1 Å². The SMILES string of the molecule is CCNC(=NCc1ccc(C(N)=O)o1)NCC(c1ccccc1)c1ccccc1.I. The molecule has 0 saturated heterocycles. The Morgan fingerprint density at radius 2 is 1.57 bits per heavy atom. The zero-order chi connectivity index (χ0) is 20.5. The number of hydrogen-bond acceptors (Lipinski definition) is 3. The van der Waals surface area contributed by atoms with Crippen molar-refractivity contribution in [2.45, 2.75) is 19.4 Å². The predicted molar refractivity (Wildman–Crippen MR) is 130 cm³/mol. The van der Waals surface area contributed by atoms with E-state index >= 15 is 0 Å². The third-order valence-electron chi connectivity index (χ3n) is 4.52. The molecule has 1 amide bonds. The van der Waals surface area contributed by atoms with E-state index in [0.717, 1.165) is 6.54 Å². The van der Waals surface area contributed by atoms with Crippen molar-refractivity contribution in [3.05, 3.63) is 95.4 Å². The van der Waals surface area contributed by atoms with E-state index in [-0.39, 0.29) is 35.7 Å². The summed E-state index contributed by atoms with van der Waals surface area (Å²) in [5.74, 6) is 1.01. The first kappa shape index (κ1) is 23.5. The molecule has 0 atom stereocenters. The van der Waals surface area contributed by atoms with Crippen LogP contribution in [-0.4, -0.2) is 25.0 Å². The highest BCUT2D eigenvalue weighted by molar-refractivity contribution is 14.0. The molecule has 0 unspecified atom stereocenters. The summed E-state index contributed by atoms with van der Waals surface area (Å²) in [6.45, 7) is 3.74. The molecule has 3 rings (SSSR count). The van der Waals surface area contributed by atoms with E-state index < -0.39 is 5.91 Å². The maximum absolute atomic E-state index is 11.2. The number of primary amides is 1. The highest BCUT2D eigenvalue weighted by atomic mass is 127. The average molecular weight is 518 g/mol. The Hall–Kier alpha value is -2.81. The summed E-state index contributed by atoms with van der Waals surface area (Å²) in [5.41, 5.74) is 7.70. The molecule has 1 aromatic heterocycles. The summed E-state index contributed by atoms with van der Waals surface area (Å²) in [4.78, 5) is 15.7. The van der Waals surface area contributed by atoms with E-state index in [4.69, 9.17) is 10.2 Å². The summed E-state index contributed by atoms with van der Waals surface area (Å²) >= 11 is 0. The van der Waals surface area contributed by atoms with Crippen molar-refractivity contribution in [2.75, 3.05) is 13.1 Å². The lowest BCUT2D eigenvalue weighted by molar-refractivity contribution is 0.0972. The molecule has 1 heterocycles. The van der Waals surface area contributed by atoms with Crippen LogP contribution in [0.3, 0.4) is 0 Å². The van der Waals surface area contributed by atoms with Crippen LogP contribution < -0.4 is 16.4 Å². The summed E-state index contributed by atoms with van der Waals surface area (Å²) in [7, 11) is 0. The van der Waals surface area contributed by atoms with Crippen molar-refractivity contribution in [1.82, 2.24) is 10.6 Å². The molecule has 0 radical (unpaired) electrons. The fourth-order valence-corrected chi connectivity index (χ4v) is 3.09. The molecule has 0 bridgehead atoms. The zero-order valence-corrected chi connectivity index (χ0v) is 19.2. The maximum atomic E-state index is 11.2. The van der Waals surface area contributed by atoms with Crippen molar-refractivity contribution in [1.29, 1.82) is 0 Å².